The number of aliphatic imine (C=N–C) groups is 1. The Labute approximate surface area is 103 Å². The molecule has 88 valence electrons. The molecule has 1 aromatic rings. The zero-order valence-electron chi connectivity index (χ0n) is 7.83. The topological polar surface area (TPSA) is 88.5 Å². The second kappa shape index (κ2) is 5.49. The van der Waals surface area contributed by atoms with Crippen LogP contribution in [0.2, 0.25) is 10.3 Å². The van der Waals surface area contributed by atoms with Crippen molar-refractivity contribution in [3.05, 3.63) is 27.8 Å². The van der Waals surface area contributed by atoms with Gasteiger partial charge in [-0.15, -0.1) is 4.99 Å². The minimum absolute atomic E-state index is 0.392. The molecule has 0 atom stereocenters. The number of urea groups is 1. The molecule has 0 aliphatic carbocycles. The van der Waals surface area contributed by atoms with Crippen LogP contribution in [0, 0.1) is 5.82 Å². The summed E-state index contributed by atoms with van der Waals surface area (Å²) in [5.41, 5.74) is -0.414. The minimum atomic E-state index is -1.25. The molecule has 6 nitrogen and oxygen atoms in total. The van der Waals surface area contributed by atoms with Crippen LogP contribution >= 0.6 is 23.2 Å². The van der Waals surface area contributed by atoms with Gasteiger partial charge in [0.15, 0.2) is 11.0 Å². The first-order valence-electron chi connectivity index (χ1n) is 3.90. The van der Waals surface area contributed by atoms with E-state index in [4.69, 9.17) is 23.2 Å². The molecule has 1 heterocycles. The van der Waals surface area contributed by atoms with Gasteiger partial charge in [0.05, 0.1) is 5.56 Å². The largest absolute Gasteiger partial charge is 0.358 e. The lowest BCUT2D eigenvalue weighted by molar-refractivity contribution is 0.0965. The summed E-state index contributed by atoms with van der Waals surface area (Å²) in [7, 11) is 0. The Morgan fingerprint density at radius 2 is 2.06 bits per heavy atom. The average molecular weight is 278 g/mol. The summed E-state index contributed by atoms with van der Waals surface area (Å²) in [6.07, 6.45) is 0.926. The van der Waals surface area contributed by atoms with Crippen molar-refractivity contribution in [3.8, 4) is 0 Å². The molecular weight excluding hydrogens is 276 g/mol. The molecule has 9 heteroatoms. The molecule has 17 heavy (non-hydrogen) atoms. The number of halogens is 3. The van der Waals surface area contributed by atoms with Gasteiger partial charge in [0.25, 0.3) is 5.91 Å². The van der Waals surface area contributed by atoms with Gasteiger partial charge in [0.1, 0.15) is 5.15 Å². The normalized spacial score (nSPS) is 9.35. The van der Waals surface area contributed by atoms with E-state index in [1.807, 2.05) is 0 Å². The molecule has 0 saturated heterocycles. The van der Waals surface area contributed by atoms with Crippen LogP contribution in [0.5, 0.6) is 0 Å². The van der Waals surface area contributed by atoms with E-state index in [2.05, 4.69) is 9.98 Å². The number of hydrogen-bond donors (Lipinski definition) is 1. The van der Waals surface area contributed by atoms with Crippen molar-refractivity contribution in [1.29, 1.82) is 0 Å². The van der Waals surface area contributed by atoms with Gasteiger partial charge < -0.3 is 0 Å². The van der Waals surface area contributed by atoms with E-state index in [-0.39, 0.29) is 0 Å². The molecule has 3 amide bonds. The molecule has 0 unspecified atom stereocenters. The molecular formula is C8H2Cl2FN3O3. The number of pyridine rings is 1. The van der Waals surface area contributed by atoms with E-state index < -0.39 is 33.6 Å². The number of nitrogens with one attached hydrogen (secondary N) is 1. The molecule has 0 bridgehead atoms. The van der Waals surface area contributed by atoms with Crippen LogP contribution in [0.1, 0.15) is 10.4 Å². The van der Waals surface area contributed by atoms with Gasteiger partial charge in [0, 0.05) is 0 Å². The second-order valence-corrected chi connectivity index (χ2v) is 3.28. The van der Waals surface area contributed by atoms with Crippen LogP contribution in [-0.2, 0) is 4.79 Å². The van der Waals surface area contributed by atoms with Crippen molar-refractivity contribution in [1.82, 2.24) is 10.3 Å². The summed E-state index contributed by atoms with van der Waals surface area (Å²) < 4.78 is 13.0. The third-order valence-electron chi connectivity index (χ3n) is 1.50. The third-order valence-corrected chi connectivity index (χ3v) is 2.05. The number of imide groups is 1. The Kier molecular flexibility index (Phi) is 4.28. The Morgan fingerprint density at radius 1 is 1.41 bits per heavy atom. The van der Waals surface area contributed by atoms with Gasteiger partial charge in [-0.25, -0.2) is 19.0 Å². The molecule has 1 rings (SSSR count). The molecule has 0 fully saturated rings. The molecule has 0 aliphatic heterocycles. The number of hydrogen-bond acceptors (Lipinski definition) is 4. The first-order valence-corrected chi connectivity index (χ1v) is 4.66. The Bertz CT molecular complexity index is 543. The summed E-state index contributed by atoms with van der Waals surface area (Å²) >= 11 is 10.8. The van der Waals surface area contributed by atoms with Gasteiger partial charge in [-0.2, -0.15) is 0 Å². The number of rotatable bonds is 1. The average Bonchev–Trinajstić information content (AvgIpc) is 2.23. The second-order valence-electron chi connectivity index (χ2n) is 2.56. The minimum Gasteiger partial charge on any atom is -0.271 e. The zero-order valence-corrected chi connectivity index (χ0v) is 9.34. The number of carbonyl (C=O) groups excluding carboxylic acids is 3. The lowest BCUT2D eigenvalue weighted by Crippen LogP contribution is -2.28. The van der Waals surface area contributed by atoms with Crippen LogP contribution in [0.4, 0.5) is 9.18 Å². The van der Waals surface area contributed by atoms with E-state index in [9.17, 15) is 18.8 Å². The maximum absolute atomic E-state index is 13.0. The molecule has 0 saturated carbocycles. The predicted octanol–water partition coefficient (Wildman–Crippen LogP) is 1.71. The van der Waals surface area contributed by atoms with Crippen molar-refractivity contribution in [3.63, 3.8) is 0 Å². The van der Waals surface area contributed by atoms with E-state index >= 15 is 0 Å². The van der Waals surface area contributed by atoms with E-state index in [1.165, 1.54) is 0 Å². The highest BCUT2D eigenvalue weighted by Crippen LogP contribution is 2.20. The fraction of sp³-hybridized carbons (Fsp3) is 0. The molecule has 0 radical (unpaired) electrons. The summed E-state index contributed by atoms with van der Waals surface area (Å²) in [4.78, 5) is 37.7. The number of aromatic nitrogens is 1. The van der Waals surface area contributed by atoms with Crippen molar-refractivity contribution in [2.45, 2.75) is 0 Å². The molecule has 1 N–H and O–H groups in total. The van der Waals surface area contributed by atoms with Gasteiger partial charge in [-0.1, -0.05) is 23.2 Å². The molecule has 1 aromatic heterocycles. The predicted molar refractivity (Wildman–Crippen MR) is 55.2 cm³/mol. The number of carbonyl (C=O) groups is 2. The van der Waals surface area contributed by atoms with Gasteiger partial charge in [-0.3, -0.25) is 10.1 Å². The van der Waals surface area contributed by atoms with Crippen LogP contribution in [-0.4, -0.2) is 23.0 Å². The Hall–Kier alpha value is -1.82. The van der Waals surface area contributed by atoms with Crippen LogP contribution in [0.15, 0.2) is 11.1 Å². The highest BCUT2D eigenvalue weighted by Gasteiger charge is 2.17. The first-order chi connectivity index (χ1) is 7.95. The summed E-state index contributed by atoms with van der Waals surface area (Å²) in [5.74, 6) is -2.05. The number of nitrogens with zero attached hydrogens (tertiary/aromatic N) is 2. The summed E-state index contributed by atoms with van der Waals surface area (Å²) in [5, 5.41) is 0.741. The lowest BCUT2D eigenvalue weighted by atomic mass is 10.2. The fourth-order valence-corrected chi connectivity index (χ4v) is 1.25. The van der Waals surface area contributed by atoms with Crippen molar-refractivity contribution < 1.29 is 18.8 Å². The van der Waals surface area contributed by atoms with Crippen LogP contribution < -0.4 is 5.32 Å². The third kappa shape index (κ3) is 3.32. The zero-order chi connectivity index (χ0) is 13.0. The quantitative estimate of drug-likeness (QED) is 0.481. The van der Waals surface area contributed by atoms with E-state index in [0.29, 0.717) is 6.07 Å². The van der Waals surface area contributed by atoms with Crippen molar-refractivity contribution in [2.24, 2.45) is 4.99 Å². The fourth-order valence-electron chi connectivity index (χ4n) is 0.839. The SMILES string of the molecule is O=C=NC(=O)NC(=O)c1cc(F)c(Cl)nc1Cl. The summed E-state index contributed by atoms with van der Waals surface area (Å²) in [6.45, 7) is 0. The number of isocyanates is 1. The van der Waals surface area contributed by atoms with Crippen molar-refractivity contribution in [2.75, 3.05) is 0 Å². The highest BCUT2D eigenvalue weighted by atomic mass is 35.5. The lowest BCUT2D eigenvalue weighted by Gasteiger charge is -2.03. The molecule has 0 aromatic carbocycles. The van der Waals surface area contributed by atoms with Gasteiger partial charge >= 0.3 is 6.03 Å². The standard InChI is InChI=1S/C8H2Cl2FN3O3/c9-5-3(1-4(11)6(10)13-5)7(16)14-8(17)12-2-15/h1H,(H,14,16,17). The Balaban J connectivity index is 3.01. The maximum atomic E-state index is 13.0. The summed E-state index contributed by atoms with van der Waals surface area (Å²) in [6, 6.07) is -0.554. The number of amides is 3. The monoisotopic (exact) mass is 277 g/mol. The maximum Gasteiger partial charge on any atom is 0.358 e. The van der Waals surface area contributed by atoms with Gasteiger partial charge in [0.2, 0.25) is 6.08 Å². The molecule has 0 aliphatic rings. The molecule has 0 spiro atoms. The van der Waals surface area contributed by atoms with Crippen LogP contribution in [0.3, 0.4) is 0 Å². The van der Waals surface area contributed by atoms with E-state index in [0.717, 1.165) is 6.08 Å². The van der Waals surface area contributed by atoms with E-state index in [1.54, 1.807) is 5.32 Å². The first kappa shape index (κ1) is 13.2. The smallest absolute Gasteiger partial charge is 0.271 e. The van der Waals surface area contributed by atoms with Gasteiger partial charge in [-0.05, 0) is 6.07 Å². The highest BCUT2D eigenvalue weighted by molar-refractivity contribution is 6.35. The van der Waals surface area contributed by atoms with Crippen LogP contribution in [0.25, 0.3) is 0 Å². The Morgan fingerprint density at radius 3 is 2.65 bits per heavy atom. The van der Waals surface area contributed by atoms with Crippen molar-refractivity contribution >= 4 is 41.2 Å².